The second-order valence-corrected chi connectivity index (χ2v) is 7.68. The lowest BCUT2D eigenvalue weighted by Gasteiger charge is -2.15. The number of hydrogen-bond acceptors (Lipinski definition) is 4. The molecule has 3 rings (SSSR count). The Morgan fingerprint density at radius 1 is 1.07 bits per heavy atom. The number of carbonyl (C=O) groups is 3. The van der Waals surface area contributed by atoms with Gasteiger partial charge in [-0.2, -0.15) is 0 Å². The maximum Gasteiger partial charge on any atom is 0.336 e. The molecule has 0 saturated carbocycles. The molecule has 0 bridgehead atoms. The van der Waals surface area contributed by atoms with Gasteiger partial charge < -0.3 is 15.3 Å². The van der Waals surface area contributed by atoms with E-state index in [4.69, 9.17) is 0 Å². The molecular formula is C21H22N2O4S. The van der Waals surface area contributed by atoms with Gasteiger partial charge in [-0.05, 0) is 49.6 Å². The molecule has 1 saturated heterocycles. The number of nitrogens with zero attached hydrogens (tertiary/aromatic N) is 1. The number of likely N-dealkylation sites (tertiary alicyclic amines) is 1. The van der Waals surface area contributed by atoms with Crippen LogP contribution in [0.3, 0.4) is 0 Å². The predicted octanol–water partition coefficient (Wildman–Crippen LogP) is 3.66. The van der Waals surface area contributed by atoms with E-state index in [1.54, 1.807) is 31.2 Å². The van der Waals surface area contributed by atoms with Crippen molar-refractivity contribution in [3.8, 4) is 0 Å². The quantitative estimate of drug-likeness (QED) is 0.725. The molecular weight excluding hydrogens is 376 g/mol. The van der Waals surface area contributed by atoms with E-state index in [2.05, 4.69) is 5.32 Å². The van der Waals surface area contributed by atoms with Gasteiger partial charge in [0.25, 0.3) is 5.91 Å². The van der Waals surface area contributed by atoms with Crippen LogP contribution in [0.15, 0.2) is 47.4 Å². The molecule has 2 aromatic carbocycles. The molecule has 28 heavy (non-hydrogen) atoms. The third-order valence-corrected chi connectivity index (χ3v) is 5.73. The highest BCUT2D eigenvalue weighted by atomic mass is 32.2. The van der Waals surface area contributed by atoms with Crippen LogP contribution in [0, 0.1) is 6.92 Å². The van der Waals surface area contributed by atoms with Crippen molar-refractivity contribution in [1.82, 2.24) is 4.90 Å². The first-order valence-corrected chi connectivity index (χ1v) is 10.1. The summed E-state index contributed by atoms with van der Waals surface area (Å²) < 4.78 is 0. The lowest BCUT2D eigenvalue weighted by Crippen LogP contribution is -2.29. The highest BCUT2D eigenvalue weighted by molar-refractivity contribution is 8.00. The zero-order valence-electron chi connectivity index (χ0n) is 15.6. The van der Waals surface area contributed by atoms with Gasteiger partial charge in [-0.15, -0.1) is 11.8 Å². The average Bonchev–Trinajstić information content (AvgIpc) is 3.22. The standard InChI is InChI=1S/C21H22N2O4S/c1-14-8-9-15(12-17(14)21(26)27)22-20(25)16-6-2-3-7-18(16)28-13-19(24)23-10-4-5-11-23/h2-3,6-9,12H,4-5,10-11,13H2,1H3,(H,22,25)(H,26,27). The monoisotopic (exact) mass is 398 g/mol. The van der Waals surface area contributed by atoms with Gasteiger partial charge in [0.15, 0.2) is 0 Å². The summed E-state index contributed by atoms with van der Waals surface area (Å²) in [4.78, 5) is 38.9. The average molecular weight is 398 g/mol. The summed E-state index contributed by atoms with van der Waals surface area (Å²) in [6.07, 6.45) is 2.09. The summed E-state index contributed by atoms with van der Waals surface area (Å²) in [6, 6.07) is 11.9. The van der Waals surface area contributed by atoms with Crippen LogP contribution in [0.4, 0.5) is 5.69 Å². The van der Waals surface area contributed by atoms with E-state index < -0.39 is 5.97 Å². The number of rotatable bonds is 6. The number of thioether (sulfide) groups is 1. The van der Waals surface area contributed by atoms with Crippen molar-refractivity contribution < 1.29 is 19.5 Å². The Hall–Kier alpha value is -2.80. The summed E-state index contributed by atoms with van der Waals surface area (Å²) >= 11 is 1.35. The summed E-state index contributed by atoms with van der Waals surface area (Å²) in [6.45, 7) is 3.32. The molecule has 1 aliphatic rings. The van der Waals surface area contributed by atoms with Crippen molar-refractivity contribution in [1.29, 1.82) is 0 Å². The number of aromatic carboxylic acids is 1. The fourth-order valence-electron chi connectivity index (χ4n) is 3.11. The van der Waals surface area contributed by atoms with E-state index in [1.165, 1.54) is 17.8 Å². The molecule has 2 amide bonds. The van der Waals surface area contributed by atoms with Crippen LogP contribution in [0.5, 0.6) is 0 Å². The Morgan fingerprint density at radius 2 is 1.79 bits per heavy atom. The SMILES string of the molecule is Cc1ccc(NC(=O)c2ccccc2SCC(=O)N2CCCC2)cc1C(=O)O. The van der Waals surface area contributed by atoms with Crippen LogP contribution < -0.4 is 5.32 Å². The zero-order valence-corrected chi connectivity index (χ0v) is 16.4. The van der Waals surface area contributed by atoms with E-state index in [0.717, 1.165) is 30.8 Å². The lowest BCUT2D eigenvalue weighted by atomic mass is 10.1. The number of carbonyl (C=O) groups excluding carboxylic acids is 2. The Kier molecular flexibility index (Phi) is 6.36. The Balaban J connectivity index is 1.71. The van der Waals surface area contributed by atoms with Gasteiger partial charge in [-0.1, -0.05) is 18.2 Å². The molecule has 2 N–H and O–H groups in total. The second kappa shape index (κ2) is 8.93. The highest BCUT2D eigenvalue weighted by Gasteiger charge is 2.19. The van der Waals surface area contributed by atoms with Crippen LogP contribution in [0.2, 0.25) is 0 Å². The van der Waals surface area contributed by atoms with Crippen LogP contribution in [-0.4, -0.2) is 46.6 Å². The van der Waals surface area contributed by atoms with Crippen LogP contribution in [0.1, 0.15) is 39.1 Å². The first kappa shape index (κ1) is 19.9. The van der Waals surface area contributed by atoms with Crippen molar-refractivity contribution in [3.05, 3.63) is 59.2 Å². The second-order valence-electron chi connectivity index (χ2n) is 6.66. The smallest absolute Gasteiger partial charge is 0.336 e. The lowest BCUT2D eigenvalue weighted by molar-refractivity contribution is -0.127. The molecule has 1 fully saturated rings. The third-order valence-electron chi connectivity index (χ3n) is 4.67. The summed E-state index contributed by atoms with van der Waals surface area (Å²) in [5.74, 6) is -0.998. The van der Waals surface area contributed by atoms with E-state index in [1.807, 2.05) is 17.0 Å². The molecule has 6 nitrogen and oxygen atoms in total. The molecule has 0 spiro atoms. The molecule has 7 heteroatoms. The van der Waals surface area contributed by atoms with Crippen molar-refractivity contribution in [2.75, 3.05) is 24.2 Å². The van der Waals surface area contributed by atoms with Crippen molar-refractivity contribution in [2.24, 2.45) is 0 Å². The van der Waals surface area contributed by atoms with Crippen molar-refractivity contribution in [2.45, 2.75) is 24.7 Å². The highest BCUT2D eigenvalue weighted by Crippen LogP contribution is 2.25. The fraction of sp³-hybridized carbons (Fsp3) is 0.286. The van der Waals surface area contributed by atoms with E-state index in [-0.39, 0.29) is 23.1 Å². The molecule has 1 heterocycles. The number of anilines is 1. The number of carboxylic acid groups (broad SMARTS) is 1. The molecule has 2 aromatic rings. The van der Waals surface area contributed by atoms with E-state index in [0.29, 0.717) is 16.8 Å². The van der Waals surface area contributed by atoms with E-state index >= 15 is 0 Å². The van der Waals surface area contributed by atoms with Crippen molar-refractivity contribution >= 4 is 35.2 Å². The van der Waals surface area contributed by atoms with Gasteiger partial charge in [-0.25, -0.2) is 4.79 Å². The number of carboxylic acids is 1. The first-order valence-electron chi connectivity index (χ1n) is 9.10. The van der Waals surface area contributed by atoms with Crippen LogP contribution in [0.25, 0.3) is 0 Å². The number of benzene rings is 2. The number of aryl methyl sites for hydroxylation is 1. The largest absolute Gasteiger partial charge is 0.478 e. The maximum absolute atomic E-state index is 12.7. The number of nitrogens with one attached hydrogen (secondary N) is 1. The van der Waals surface area contributed by atoms with Crippen molar-refractivity contribution in [3.63, 3.8) is 0 Å². The Labute approximate surface area is 167 Å². The summed E-state index contributed by atoms with van der Waals surface area (Å²) in [7, 11) is 0. The molecule has 0 atom stereocenters. The van der Waals surface area contributed by atoms with Gasteiger partial charge in [0.05, 0.1) is 16.9 Å². The van der Waals surface area contributed by atoms with Gasteiger partial charge in [0, 0.05) is 23.7 Å². The van der Waals surface area contributed by atoms with Gasteiger partial charge in [0.2, 0.25) is 5.91 Å². The number of amides is 2. The molecule has 0 radical (unpaired) electrons. The fourth-order valence-corrected chi connectivity index (χ4v) is 4.06. The molecule has 146 valence electrons. The van der Waals surface area contributed by atoms with Crippen LogP contribution >= 0.6 is 11.8 Å². The molecule has 0 aromatic heterocycles. The number of hydrogen-bond donors (Lipinski definition) is 2. The predicted molar refractivity (Wildman–Crippen MR) is 109 cm³/mol. The minimum Gasteiger partial charge on any atom is -0.478 e. The summed E-state index contributed by atoms with van der Waals surface area (Å²) in [5.41, 5.74) is 1.65. The minimum absolute atomic E-state index is 0.0855. The topological polar surface area (TPSA) is 86.7 Å². The molecule has 0 unspecified atom stereocenters. The van der Waals surface area contributed by atoms with Gasteiger partial charge in [0.1, 0.15) is 0 Å². The molecule has 0 aliphatic carbocycles. The zero-order chi connectivity index (χ0) is 20.1. The maximum atomic E-state index is 12.7. The summed E-state index contributed by atoms with van der Waals surface area (Å²) in [5, 5.41) is 12.0. The minimum atomic E-state index is -1.04. The van der Waals surface area contributed by atoms with Crippen LogP contribution in [-0.2, 0) is 4.79 Å². The Morgan fingerprint density at radius 3 is 2.50 bits per heavy atom. The van der Waals surface area contributed by atoms with Gasteiger partial charge in [-0.3, -0.25) is 9.59 Å². The third kappa shape index (κ3) is 4.72. The normalized spacial score (nSPS) is 13.4. The Bertz CT molecular complexity index is 907. The van der Waals surface area contributed by atoms with Gasteiger partial charge >= 0.3 is 5.97 Å². The molecule has 1 aliphatic heterocycles. The first-order chi connectivity index (χ1) is 13.5. The van der Waals surface area contributed by atoms with E-state index in [9.17, 15) is 19.5 Å².